The zero-order valence-corrected chi connectivity index (χ0v) is 9.95. The van der Waals surface area contributed by atoms with Crippen LogP contribution in [0, 0.1) is 6.92 Å². The van der Waals surface area contributed by atoms with Crippen molar-refractivity contribution in [3.63, 3.8) is 0 Å². The van der Waals surface area contributed by atoms with Gasteiger partial charge in [-0.15, -0.1) is 0 Å². The minimum atomic E-state index is 0.638. The van der Waals surface area contributed by atoms with E-state index in [1.165, 1.54) is 0 Å². The fourth-order valence-corrected chi connectivity index (χ4v) is 1.30. The molecule has 1 aromatic rings. The lowest BCUT2D eigenvalue weighted by Crippen LogP contribution is -2.12. The van der Waals surface area contributed by atoms with E-state index in [1.807, 2.05) is 25.1 Å². The lowest BCUT2D eigenvalue weighted by Gasteiger charge is -2.08. The fourth-order valence-electron chi connectivity index (χ4n) is 1.30. The Balaban J connectivity index is 2.19. The van der Waals surface area contributed by atoms with Crippen LogP contribution >= 0.6 is 0 Å². The second-order valence-electron chi connectivity index (χ2n) is 3.60. The van der Waals surface area contributed by atoms with Gasteiger partial charge in [-0.25, -0.2) is 0 Å². The topological polar surface area (TPSA) is 56.5 Å². The number of aryl methyl sites for hydroxylation is 1. The summed E-state index contributed by atoms with van der Waals surface area (Å²) in [5.41, 5.74) is 8.71. The SMILES string of the molecule is COCCOCCNc1ccc(N)c(C)c1. The van der Waals surface area contributed by atoms with E-state index >= 15 is 0 Å². The minimum absolute atomic E-state index is 0.638. The third-order valence-corrected chi connectivity index (χ3v) is 2.28. The second-order valence-corrected chi connectivity index (χ2v) is 3.60. The summed E-state index contributed by atoms with van der Waals surface area (Å²) in [6.45, 7) is 4.73. The maximum Gasteiger partial charge on any atom is 0.0701 e. The first-order valence-corrected chi connectivity index (χ1v) is 5.40. The van der Waals surface area contributed by atoms with Crippen LogP contribution < -0.4 is 11.1 Å². The molecule has 0 unspecified atom stereocenters. The minimum Gasteiger partial charge on any atom is -0.399 e. The van der Waals surface area contributed by atoms with E-state index in [4.69, 9.17) is 15.2 Å². The fraction of sp³-hybridized carbons (Fsp3) is 0.500. The highest BCUT2D eigenvalue weighted by atomic mass is 16.5. The molecule has 90 valence electrons. The van der Waals surface area contributed by atoms with Crippen LogP contribution in [-0.4, -0.2) is 33.5 Å². The van der Waals surface area contributed by atoms with E-state index in [0.717, 1.165) is 23.5 Å². The molecule has 0 aliphatic heterocycles. The number of methoxy groups -OCH3 is 1. The van der Waals surface area contributed by atoms with Crippen LogP contribution in [0.3, 0.4) is 0 Å². The van der Waals surface area contributed by atoms with Gasteiger partial charge < -0.3 is 20.5 Å². The van der Waals surface area contributed by atoms with Crippen molar-refractivity contribution < 1.29 is 9.47 Å². The van der Waals surface area contributed by atoms with Crippen molar-refractivity contribution in [2.24, 2.45) is 0 Å². The summed E-state index contributed by atoms with van der Waals surface area (Å²) in [6, 6.07) is 5.91. The molecular weight excluding hydrogens is 204 g/mol. The van der Waals surface area contributed by atoms with Crippen LogP contribution in [0.25, 0.3) is 0 Å². The zero-order valence-electron chi connectivity index (χ0n) is 9.95. The summed E-state index contributed by atoms with van der Waals surface area (Å²) in [6.07, 6.45) is 0. The summed E-state index contributed by atoms with van der Waals surface area (Å²) >= 11 is 0. The van der Waals surface area contributed by atoms with E-state index in [9.17, 15) is 0 Å². The smallest absolute Gasteiger partial charge is 0.0701 e. The molecule has 16 heavy (non-hydrogen) atoms. The molecule has 0 aromatic heterocycles. The summed E-state index contributed by atoms with van der Waals surface area (Å²) in [7, 11) is 1.67. The van der Waals surface area contributed by atoms with Crippen LogP contribution in [0.5, 0.6) is 0 Å². The Labute approximate surface area is 96.7 Å². The average Bonchev–Trinajstić information content (AvgIpc) is 2.28. The molecule has 1 aromatic carbocycles. The van der Waals surface area contributed by atoms with Crippen molar-refractivity contribution in [1.29, 1.82) is 0 Å². The standard InChI is InChI=1S/C12H20N2O2/c1-10-9-11(3-4-12(10)13)14-5-6-16-8-7-15-2/h3-4,9,14H,5-8,13H2,1-2H3. The molecule has 0 fully saturated rings. The molecular formula is C12H20N2O2. The van der Waals surface area contributed by atoms with E-state index in [2.05, 4.69) is 5.32 Å². The number of nitrogens with two attached hydrogens (primary N) is 1. The molecule has 0 spiro atoms. The Kier molecular flexibility index (Phi) is 5.67. The molecule has 0 heterocycles. The number of rotatable bonds is 7. The quantitative estimate of drug-likeness (QED) is 0.546. The summed E-state index contributed by atoms with van der Waals surface area (Å²) in [4.78, 5) is 0. The van der Waals surface area contributed by atoms with Gasteiger partial charge in [0.15, 0.2) is 0 Å². The summed E-state index contributed by atoms with van der Waals surface area (Å²) in [5, 5.41) is 3.27. The number of ether oxygens (including phenoxy) is 2. The van der Waals surface area contributed by atoms with E-state index in [1.54, 1.807) is 7.11 Å². The molecule has 0 atom stereocenters. The molecule has 0 aliphatic carbocycles. The largest absolute Gasteiger partial charge is 0.399 e. The third kappa shape index (κ3) is 4.51. The van der Waals surface area contributed by atoms with Crippen LogP contribution in [0.2, 0.25) is 0 Å². The average molecular weight is 224 g/mol. The van der Waals surface area contributed by atoms with Crippen molar-refractivity contribution in [3.05, 3.63) is 23.8 Å². The van der Waals surface area contributed by atoms with Crippen molar-refractivity contribution >= 4 is 11.4 Å². The lowest BCUT2D eigenvalue weighted by atomic mass is 10.2. The van der Waals surface area contributed by atoms with Gasteiger partial charge in [0.05, 0.1) is 19.8 Å². The van der Waals surface area contributed by atoms with Gasteiger partial charge in [0, 0.05) is 25.0 Å². The number of hydrogen-bond donors (Lipinski definition) is 2. The van der Waals surface area contributed by atoms with E-state index in [-0.39, 0.29) is 0 Å². The number of anilines is 2. The Morgan fingerprint density at radius 3 is 2.75 bits per heavy atom. The monoisotopic (exact) mass is 224 g/mol. The lowest BCUT2D eigenvalue weighted by molar-refractivity contribution is 0.0759. The zero-order chi connectivity index (χ0) is 11.8. The Morgan fingerprint density at radius 1 is 1.25 bits per heavy atom. The third-order valence-electron chi connectivity index (χ3n) is 2.28. The number of hydrogen-bond acceptors (Lipinski definition) is 4. The van der Waals surface area contributed by atoms with E-state index in [0.29, 0.717) is 19.8 Å². The summed E-state index contributed by atoms with van der Waals surface area (Å²) in [5.74, 6) is 0. The van der Waals surface area contributed by atoms with Crippen LogP contribution in [0.4, 0.5) is 11.4 Å². The number of benzene rings is 1. The molecule has 0 radical (unpaired) electrons. The first-order valence-electron chi connectivity index (χ1n) is 5.40. The van der Waals surface area contributed by atoms with Gasteiger partial charge in [0.2, 0.25) is 0 Å². The Bertz CT molecular complexity index is 316. The summed E-state index contributed by atoms with van der Waals surface area (Å²) < 4.78 is 10.2. The van der Waals surface area contributed by atoms with Gasteiger partial charge in [-0.05, 0) is 30.7 Å². The predicted molar refractivity (Wildman–Crippen MR) is 66.8 cm³/mol. The van der Waals surface area contributed by atoms with Gasteiger partial charge in [-0.1, -0.05) is 0 Å². The normalized spacial score (nSPS) is 10.4. The molecule has 4 heteroatoms. The molecule has 0 aliphatic rings. The van der Waals surface area contributed by atoms with Crippen molar-refractivity contribution in [3.8, 4) is 0 Å². The second kappa shape index (κ2) is 7.09. The van der Waals surface area contributed by atoms with Gasteiger partial charge in [0.1, 0.15) is 0 Å². The first kappa shape index (κ1) is 12.8. The number of nitrogen functional groups attached to an aromatic ring is 1. The van der Waals surface area contributed by atoms with Crippen LogP contribution in [0.1, 0.15) is 5.56 Å². The van der Waals surface area contributed by atoms with Crippen LogP contribution in [-0.2, 0) is 9.47 Å². The predicted octanol–water partition coefficient (Wildman–Crippen LogP) is 1.65. The molecule has 4 nitrogen and oxygen atoms in total. The van der Waals surface area contributed by atoms with Gasteiger partial charge >= 0.3 is 0 Å². The van der Waals surface area contributed by atoms with Crippen molar-refractivity contribution in [1.82, 2.24) is 0 Å². The highest BCUT2D eigenvalue weighted by Gasteiger charge is 1.95. The Hall–Kier alpha value is -1.26. The molecule has 0 saturated heterocycles. The van der Waals surface area contributed by atoms with Crippen LogP contribution in [0.15, 0.2) is 18.2 Å². The highest BCUT2D eigenvalue weighted by molar-refractivity contribution is 5.56. The molecule has 0 amide bonds. The van der Waals surface area contributed by atoms with Gasteiger partial charge in [-0.3, -0.25) is 0 Å². The molecule has 0 saturated carbocycles. The van der Waals surface area contributed by atoms with Gasteiger partial charge in [-0.2, -0.15) is 0 Å². The maximum atomic E-state index is 5.73. The highest BCUT2D eigenvalue weighted by Crippen LogP contribution is 2.15. The van der Waals surface area contributed by atoms with Gasteiger partial charge in [0.25, 0.3) is 0 Å². The Morgan fingerprint density at radius 2 is 2.06 bits per heavy atom. The molecule has 0 bridgehead atoms. The van der Waals surface area contributed by atoms with Crippen molar-refractivity contribution in [2.75, 3.05) is 44.5 Å². The van der Waals surface area contributed by atoms with Crippen molar-refractivity contribution in [2.45, 2.75) is 6.92 Å². The first-order chi connectivity index (χ1) is 7.74. The maximum absolute atomic E-state index is 5.73. The number of nitrogens with one attached hydrogen (secondary N) is 1. The molecule has 3 N–H and O–H groups in total. The van der Waals surface area contributed by atoms with E-state index < -0.39 is 0 Å². The molecule has 1 rings (SSSR count).